The molecule has 0 aromatic carbocycles. The Morgan fingerprint density at radius 1 is 1.53 bits per heavy atom. The van der Waals surface area contributed by atoms with Gasteiger partial charge in [0.2, 0.25) is 0 Å². The van der Waals surface area contributed by atoms with E-state index in [0.717, 1.165) is 30.0 Å². The second-order valence-electron chi connectivity index (χ2n) is 4.06. The Balaban J connectivity index is 2.26. The molecule has 2 N–H and O–H groups in total. The summed E-state index contributed by atoms with van der Waals surface area (Å²) < 4.78 is 5.82. The maximum absolute atomic E-state index is 5.82. The lowest BCUT2D eigenvalue weighted by Gasteiger charge is -2.17. The van der Waals surface area contributed by atoms with Crippen LogP contribution in [0.15, 0.2) is 12.3 Å². The summed E-state index contributed by atoms with van der Waals surface area (Å²) in [6, 6.07) is 1.94. The van der Waals surface area contributed by atoms with Gasteiger partial charge in [0, 0.05) is 26.7 Å². The molecule has 2 rings (SSSR count). The van der Waals surface area contributed by atoms with E-state index in [2.05, 4.69) is 4.98 Å². The van der Waals surface area contributed by atoms with Crippen molar-refractivity contribution in [3.8, 4) is 5.75 Å². The SMILES string of the molecule is CN(C)c1cnc(CN)cc1OC1CC1. The van der Waals surface area contributed by atoms with Gasteiger partial charge in [0.05, 0.1) is 23.7 Å². The molecule has 15 heavy (non-hydrogen) atoms. The van der Waals surface area contributed by atoms with Crippen molar-refractivity contribution in [2.75, 3.05) is 19.0 Å². The number of hydrogen-bond acceptors (Lipinski definition) is 4. The molecule has 4 nitrogen and oxygen atoms in total. The van der Waals surface area contributed by atoms with Crippen LogP contribution in [-0.4, -0.2) is 25.2 Å². The molecule has 1 aliphatic rings. The van der Waals surface area contributed by atoms with E-state index in [0.29, 0.717) is 12.6 Å². The van der Waals surface area contributed by atoms with Crippen LogP contribution in [0.3, 0.4) is 0 Å². The zero-order valence-corrected chi connectivity index (χ0v) is 9.23. The smallest absolute Gasteiger partial charge is 0.146 e. The average Bonchev–Trinajstić information content (AvgIpc) is 3.01. The predicted molar refractivity (Wildman–Crippen MR) is 60.1 cm³/mol. The molecule has 0 unspecified atom stereocenters. The van der Waals surface area contributed by atoms with E-state index in [1.807, 2.05) is 31.3 Å². The number of pyridine rings is 1. The minimum atomic E-state index is 0.400. The Hall–Kier alpha value is -1.29. The number of hydrogen-bond donors (Lipinski definition) is 1. The summed E-state index contributed by atoms with van der Waals surface area (Å²) in [5.74, 6) is 0.901. The van der Waals surface area contributed by atoms with Crippen LogP contribution in [-0.2, 0) is 6.54 Å². The number of aromatic nitrogens is 1. The van der Waals surface area contributed by atoms with Crippen molar-refractivity contribution in [2.24, 2.45) is 5.73 Å². The Bertz CT molecular complexity index is 348. The average molecular weight is 207 g/mol. The topological polar surface area (TPSA) is 51.4 Å². The lowest BCUT2D eigenvalue weighted by atomic mass is 10.3. The molecule has 82 valence electrons. The molecule has 0 spiro atoms. The first kappa shape index (κ1) is 10.2. The molecule has 0 radical (unpaired) electrons. The van der Waals surface area contributed by atoms with Crippen LogP contribution in [0.25, 0.3) is 0 Å². The summed E-state index contributed by atoms with van der Waals surface area (Å²) in [5.41, 5.74) is 7.44. The molecule has 1 saturated carbocycles. The first-order valence-corrected chi connectivity index (χ1v) is 5.23. The summed E-state index contributed by atoms with van der Waals surface area (Å²) in [6.45, 7) is 0.453. The van der Waals surface area contributed by atoms with Gasteiger partial charge >= 0.3 is 0 Å². The lowest BCUT2D eigenvalue weighted by molar-refractivity contribution is 0.303. The minimum Gasteiger partial charge on any atom is -0.488 e. The normalized spacial score (nSPS) is 15.1. The van der Waals surface area contributed by atoms with E-state index in [1.165, 1.54) is 0 Å². The first-order chi connectivity index (χ1) is 7.20. The number of rotatable bonds is 4. The van der Waals surface area contributed by atoms with Gasteiger partial charge in [0.15, 0.2) is 0 Å². The van der Waals surface area contributed by atoms with Crippen molar-refractivity contribution in [2.45, 2.75) is 25.5 Å². The fourth-order valence-corrected chi connectivity index (χ4v) is 1.38. The third kappa shape index (κ3) is 2.39. The summed E-state index contributed by atoms with van der Waals surface area (Å²) in [6.07, 6.45) is 4.54. The molecular formula is C11H17N3O. The van der Waals surface area contributed by atoms with Gasteiger partial charge in [-0.05, 0) is 12.8 Å². The third-order valence-electron chi connectivity index (χ3n) is 2.41. The summed E-state index contributed by atoms with van der Waals surface area (Å²) in [4.78, 5) is 6.27. The van der Waals surface area contributed by atoms with Crippen molar-refractivity contribution in [3.05, 3.63) is 18.0 Å². The molecule has 1 heterocycles. The number of nitrogens with two attached hydrogens (primary N) is 1. The van der Waals surface area contributed by atoms with E-state index < -0.39 is 0 Å². The Morgan fingerprint density at radius 3 is 2.80 bits per heavy atom. The number of nitrogens with zero attached hydrogens (tertiary/aromatic N) is 2. The zero-order chi connectivity index (χ0) is 10.8. The highest BCUT2D eigenvalue weighted by atomic mass is 16.5. The van der Waals surface area contributed by atoms with E-state index in [1.54, 1.807) is 0 Å². The highest BCUT2D eigenvalue weighted by Gasteiger charge is 2.25. The monoisotopic (exact) mass is 207 g/mol. The second kappa shape index (κ2) is 4.06. The molecule has 0 aliphatic heterocycles. The third-order valence-corrected chi connectivity index (χ3v) is 2.41. The molecule has 1 aliphatic carbocycles. The predicted octanol–water partition coefficient (Wildman–Crippen LogP) is 1.15. The Kier molecular flexibility index (Phi) is 2.77. The molecule has 1 aromatic rings. The van der Waals surface area contributed by atoms with Gasteiger partial charge in [-0.1, -0.05) is 0 Å². The molecule has 0 atom stereocenters. The van der Waals surface area contributed by atoms with Gasteiger partial charge in [-0.3, -0.25) is 4.98 Å². The van der Waals surface area contributed by atoms with Gasteiger partial charge in [0.25, 0.3) is 0 Å². The van der Waals surface area contributed by atoms with Crippen LogP contribution in [0.5, 0.6) is 5.75 Å². The van der Waals surface area contributed by atoms with Crippen molar-refractivity contribution in [3.63, 3.8) is 0 Å². The van der Waals surface area contributed by atoms with Gasteiger partial charge in [0.1, 0.15) is 5.75 Å². The Morgan fingerprint density at radius 2 is 2.27 bits per heavy atom. The van der Waals surface area contributed by atoms with Gasteiger partial charge in [-0.15, -0.1) is 0 Å². The summed E-state index contributed by atoms with van der Waals surface area (Å²) in [5, 5.41) is 0. The fraction of sp³-hybridized carbons (Fsp3) is 0.545. The number of anilines is 1. The molecule has 0 amide bonds. The van der Waals surface area contributed by atoms with Gasteiger partial charge in [-0.2, -0.15) is 0 Å². The van der Waals surface area contributed by atoms with E-state index in [4.69, 9.17) is 10.5 Å². The first-order valence-electron chi connectivity index (χ1n) is 5.23. The second-order valence-corrected chi connectivity index (χ2v) is 4.06. The molecule has 0 saturated heterocycles. The van der Waals surface area contributed by atoms with Crippen molar-refractivity contribution in [1.82, 2.24) is 4.98 Å². The Labute approximate surface area is 90.0 Å². The summed E-state index contributed by atoms with van der Waals surface area (Å²) >= 11 is 0. The quantitative estimate of drug-likeness (QED) is 0.804. The van der Waals surface area contributed by atoms with Crippen LogP contribution in [0.2, 0.25) is 0 Å². The molecule has 0 bridgehead atoms. The molecular weight excluding hydrogens is 190 g/mol. The standard InChI is InChI=1S/C11H17N3O/c1-14(2)10-7-13-8(6-12)5-11(10)15-9-3-4-9/h5,7,9H,3-4,6,12H2,1-2H3. The van der Waals surface area contributed by atoms with Crippen LogP contribution in [0.1, 0.15) is 18.5 Å². The zero-order valence-electron chi connectivity index (χ0n) is 9.23. The van der Waals surface area contributed by atoms with E-state index >= 15 is 0 Å². The summed E-state index contributed by atoms with van der Waals surface area (Å²) in [7, 11) is 3.97. The lowest BCUT2D eigenvalue weighted by Crippen LogP contribution is -2.13. The molecule has 1 fully saturated rings. The van der Waals surface area contributed by atoms with Gasteiger partial charge < -0.3 is 15.4 Å². The van der Waals surface area contributed by atoms with Crippen LogP contribution in [0.4, 0.5) is 5.69 Å². The van der Waals surface area contributed by atoms with Gasteiger partial charge in [-0.25, -0.2) is 0 Å². The highest BCUT2D eigenvalue weighted by Crippen LogP contribution is 2.33. The fourth-order valence-electron chi connectivity index (χ4n) is 1.38. The maximum atomic E-state index is 5.82. The van der Waals surface area contributed by atoms with Crippen molar-refractivity contribution >= 4 is 5.69 Å². The molecule has 1 aromatic heterocycles. The van der Waals surface area contributed by atoms with E-state index in [9.17, 15) is 0 Å². The van der Waals surface area contributed by atoms with E-state index in [-0.39, 0.29) is 0 Å². The van der Waals surface area contributed by atoms with Crippen LogP contribution < -0.4 is 15.4 Å². The number of ether oxygens (including phenoxy) is 1. The minimum absolute atomic E-state index is 0.400. The maximum Gasteiger partial charge on any atom is 0.146 e. The van der Waals surface area contributed by atoms with Crippen molar-refractivity contribution < 1.29 is 4.74 Å². The van der Waals surface area contributed by atoms with Crippen molar-refractivity contribution in [1.29, 1.82) is 0 Å². The largest absolute Gasteiger partial charge is 0.488 e. The molecule has 4 heteroatoms. The highest BCUT2D eigenvalue weighted by molar-refractivity contribution is 5.56. The van der Waals surface area contributed by atoms with Crippen LogP contribution >= 0.6 is 0 Å². The van der Waals surface area contributed by atoms with Crippen LogP contribution in [0, 0.1) is 0 Å².